The Bertz CT molecular complexity index is 1210. The number of hydrogen-bond acceptors (Lipinski definition) is 7. The van der Waals surface area contributed by atoms with Gasteiger partial charge in [0.2, 0.25) is 10.0 Å². The minimum Gasteiger partial charge on any atom is -0.379 e. The number of nitrogens with zero attached hydrogens (tertiary/aromatic N) is 4. The van der Waals surface area contributed by atoms with Gasteiger partial charge in [-0.1, -0.05) is 18.2 Å². The number of rotatable bonds is 4. The number of carbonyl (C=O) groups is 1. The predicted molar refractivity (Wildman–Crippen MR) is 124 cm³/mol. The van der Waals surface area contributed by atoms with Crippen LogP contribution in [-0.4, -0.2) is 81.0 Å². The van der Waals surface area contributed by atoms with Gasteiger partial charge in [0.05, 0.1) is 18.8 Å². The van der Waals surface area contributed by atoms with Gasteiger partial charge in [-0.2, -0.15) is 4.31 Å². The summed E-state index contributed by atoms with van der Waals surface area (Å²) in [7, 11) is -3.55. The lowest BCUT2D eigenvalue weighted by molar-refractivity contribution is 0.0730. The molecular formula is C22H24N4O4S2. The molecular weight excluding hydrogens is 448 g/mol. The normalized spacial score (nSPS) is 18.2. The van der Waals surface area contributed by atoms with Crippen molar-refractivity contribution in [3.05, 3.63) is 53.5 Å². The topological polar surface area (TPSA) is 83.1 Å². The van der Waals surface area contributed by atoms with Gasteiger partial charge >= 0.3 is 0 Å². The average Bonchev–Trinajstić information content (AvgIpc) is 3.28. The van der Waals surface area contributed by atoms with Gasteiger partial charge in [-0.05, 0) is 18.2 Å². The Morgan fingerprint density at radius 3 is 2.44 bits per heavy atom. The van der Waals surface area contributed by atoms with Crippen LogP contribution >= 0.6 is 11.3 Å². The maximum atomic E-state index is 13.0. The fourth-order valence-corrected chi connectivity index (χ4v) is 6.39. The molecule has 2 aromatic heterocycles. The summed E-state index contributed by atoms with van der Waals surface area (Å²) in [6, 6.07) is 11.3. The first-order valence-electron chi connectivity index (χ1n) is 10.6. The molecule has 0 unspecified atom stereocenters. The zero-order chi connectivity index (χ0) is 22.1. The van der Waals surface area contributed by atoms with E-state index in [2.05, 4.69) is 9.88 Å². The lowest BCUT2D eigenvalue weighted by Gasteiger charge is -2.35. The van der Waals surface area contributed by atoms with E-state index in [0.717, 1.165) is 21.5 Å². The number of amides is 1. The van der Waals surface area contributed by atoms with Crippen molar-refractivity contribution in [2.24, 2.45) is 0 Å². The summed E-state index contributed by atoms with van der Waals surface area (Å²) in [6.45, 7) is 4.03. The van der Waals surface area contributed by atoms with Crippen LogP contribution in [0.1, 0.15) is 10.4 Å². The van der Waals surface area contributed by atoms with Gasteiger partial charge in [0.25, 0.3) is 5.91 Å². The van der Waals surface area contributed by atoms with Gasteiger partial charge in [-0.3, -0.25) is 4.79 Å². The zero-order valence-corrected chi connectivity index (χ0v) is 19.1. The largest absolute Gasteiger partial charge is 0.379 e. The second-order valence-electron chi connectivity index (χ2n) is 7.79. The van der Waals surface area contributed by atoms with Crippen molar-refractivity contribution in [1.82, 2.24) is 14.2 Å². The van der Waals surface area contributed by atoms with Crippen molar-refractivity contribution in [1.29, 1.82) is 0 Å². The highest BCUT2D eigenvalue weighted by Crippen LogP contribution is 2.27. The van der Waals surface area contributed by atoms with E-state index in [0.29, 0.717) is 52.5 Å². The lowest BCUT2D eigenvalue weighted by Crippen LogP contribution is -2.49. The van der Waals surface area contributed by atoms with Crippen molar-refractivity contribution >= 4 is 43.2 Å². The van der Waals surface area contributed by atoms with Gasteiger partial charge in [-0.15, -0.1) is 11.3 Å². The summed E-state index contributed by atoms with van der Waals surface area (Å²) in [5, 5.41) is 2.94. The number of pyridine rings is 1. The van der Waals surface area contributed by atoms with Crippen molar-refractivity contribution in [2.75, 3.05) is 57.4 Å². The quantitative estimate of drug-likeness (QED) is 0.579. The average molecular weight is 473 g/mol. The van der Waals surface area contributed by atoms with E-state index < -0.39 is 10.0 Å². The number of ether oxygens (including phenoxy) is 1. The lowest BCUT2D eigenvalue weighted by atomic mass is 10.1. The highest BCUT2D eigenvalue weighted by atomic mass is 32.2. The summed E-state index contributed by atoms with van der Waals surface area (Å²) in [5.74, 6) is 0.779. The van der Waals surface area contributed by atoms with Crippen LogP contribution in [-0.2, 0) is 14.8 Å². The number of anilines is 1. The third kappa shape index (κ3) is 3.99. The van der Waals surface area contributed by atoms with E-state index in [1.807, 2.05) is 34.5 Å². The molecule has 0 aliphatic carbocycles. The van der Waals surface area contributed by atoms with Gasteiger partial charge in [0.15, 0.2) is 0 Å². The Labute approximate surface area is 191 Å². The first-order chi connectivity index (χ1) is 15.5. The molecule has 0 saturated carbocycles. The van der Waals surface area contributed by atoms with E-state index in [-0.39, 0.29) is 10.8 Å². The Morgan fingerprint density at radius 1 is 0.969 bits per heavy atom. The fourth-order valence-electron chi connectivity index (χ4n) is 4.10. The molecule has 10 heteroatoms. The summed E-state index contributed by atoms with van der Waals surface area (Å²) in [4.78, 5) is 21.6. The molecule has 1 aromatic carbocycles. The molecule has 2 aliphatic rings. The monoisotopic (exact) mass is 472 g/mol. The van der Waals surface area contributed by atoms with E-state index in [1.54, 1.807) is 23.5 Å². The summed E-state index contributed by atoms with van der Waals surface area (Å²) in [5.41, 5.74) is 0.759. The number of sulfonamides is 1. The molecule has 8 nitrogen and oxygen atoms in total. The molecule has 2 fully saturated rings. The third-order valence-corrected chi connectivity index (χ3v) is 8.78. The first kappa shape index (κ1) is 21.3. The maximum Gasteiger partial charge on any atom is 0.255 e. The fraction of sp³-hybridized carbons (Fsp3) is 0.364. The summed E-state index contributed by atoms with van der Waals surface area (Å²) >= 11 is 1.59. The van der Waals surface area contributed by atoms with E-state index in [1.165, 1.54) is 10.5 Å². The number of aromatic nitrogens is 1. The molecule has 0 bridgehead atoms. The molecule has 1 amide bonds. The van der Waals surface area contributed by atoms with Gasteiger partial charge < -0.3 is 14.5 Å². The number of thiophene rings is 1. The molecule has 168 valence electrons. The van der Waals surface area contributed by atoms with Crippen LogP contribution < -0.4 is 4.90 Å². The van der Waals surface area contributed by atoms with Crippen molar-refractivity contribution < 1.29 is 17.9 Å². The molecule has 2 saturated heterocycles. The summed E-state index contributed by atoms with van der Waals surface area (Å²) < 4.78 is 33.3. The number of piperazine rings is 1. The number of morpholine rings is 1. The van der Waals surface area contributed by atoms with Crippen LogP contribution in [0.4, 0.5) is 5.82 Å². The van der Waals surface area contributed by atoms with Crippen LogP contribution in [0.2, 0.25) is 0 Å². The van der Waals surface area contributed by atoms with E-state index >= 15 is 0 Å². The van der Waals surface area contributed by atoms with Crippen LogP contribution in [0.3, 0.4) is 0 Å². The molecule has 0 atom stereocenters. The SMILES string of the molecule is O=C(c1csc2ccccc12)N1CCN(c2ccc(S(=O)(=O)N3CCOCC3)cn2)CC1. The molecule has 32 heavy (non-hydrogen) atoms. The van der Waals surface area contributed by atoms with Gasteiger partial charge in [-0.25, -0.2) is 13.4 Å². The van der Waals surface area contributed by atoms with Crippen molar-refractivity contribution in [3.63, 3.8) is 0 Å². The van der Waals surface area contributed by atoms with Gasteiger partial charge in [0.1, 0.15) is 10.7 Å². The zero-order valence-electron chi connectivity index (χ0n) is 17.5. The number of benzene rings is 1. The molecule has 0 spiro atoms. The minimum absolute atomic E-state index is 0.0574. The second kappa shape index (κ2) is 8.78. The molecule has 2 aliphatic heterocycles. The number of carbonyl (C=O) groups excluding carboxylic acids is 1. The maximum absolute atomic E-state index is 13.0. The highest BCUT2D eigenvalue weighted by molar-refractivity contribution is 7.89. The van der Waals surface area contributed by atoms with Crippen LogP contribution in [0.5, 0.6) is 0 Å². The molecule has 0 N–H and O–H groups in total. The van der Waals surface area contributed by atoms with Gasteiger partial charge in [0, 0.05) is 60.9 Å². The Balaban J connectivity index is 1.24. The van der Waals surface area contributed by atoms with Crippen LogP contribution in [0, 0.1) is 0 Å². The van der Waals surface area contributed by atoms with Crippen molar-refractivity contribution in [2.45, 2.75) is 4.90 Å². The molecule has 5 rings (SSSR count). The van der Waals surface area contributed by atoms with E-state index in [4.69, 9.17) is 4.74 Å². The van der Waals surface area contributed by atoms with E-state index in [9.17, 15) is 13.2 Å². The van der Waals surface area contributed by atoms with Crippen molar-refractivity contribution in [3.8, 4) is 0 Å². The highest BCUT2D eigenvalue weighted by Gasteiger charge is 2.28. The molecule has 0 radical (unpaired) electrons. The first-order valence-corrected chi connectivity index (χ1v) is 12.9. The predicted octanol–water partition coefficient (Wildman–Crippen LogP) is 2.28. The number of fused-ring (bicyclic) bond motifs is 1. The Hall–Kier alpha value is -2.53. The third-order valence-electron chi connectivity index (χ3n) is 5.93. The second-order valence-corrected chi connectivity index (χ2v) is 10.6. The smallest absolute Gasteiger partial charge is 0.255 e. The van der Waals surface area contributed by atoms with Crippen LogP contribution in [0.15, 0.2) is 52.9 Å². The summed E-state index contributed by atoms with van der Waals surface area (Å²) in [6.07, 6.45) is 1.43. The Kier molecular flexibility index (Phi) is 5.85. The Morgan fingerprint density at radius 2 is 1.72 bits per heavy atom. The molecule has 4 heterocycles. The molecule has 3 aromatic rings. The number of hydrogen-bond donors (Lipinski definition) is 0. The standard InChI is InChI=1S/C22H24N4O4S2/c27-22(19-16-31-20-4-2-1-3-18(19)20)25-9-7-24(8-10-25)21-6-5-17(15-23-21)32(28,29)26-11-13-30-14-12-26/h1-6,15-16H,7-14H2. The van der Waals surface area contributed by atoms with Crippen LogP contribution in [0.25, 0.3) is 10.1 Å². The minimum atomic E-state index is -3.55.